The molecule has 0 spiro atoms. The number of anilines is 1. The molecule has 0 heterocycles. The summed E-state index contributed by atoms with van der Waals surface area (Å²) >= 11 is 1.53. The molecule has 0 aromatic heterocycles. The smallest absolute Gasteiger partial charge is 0.237 e. The van der Waals surface area contributed by atoms with Gasteiger partial charge in [0.15, 0.2) is 0 Å². The predicted molar refractivity (Wildman–Crippen MR) is 113 cm³/mol. The first-order valence-electron chi connectivity index (χ1n) is 8.94. The van der Waals surface area contributed by atoms with E-state index in [9.17, 15) is 4.79 Å². The van der Waals surface area contributed by atoms with Crippen LogP contribution in [0.25, 0.3) is 10.8 Å². The van der Waals surface area contributed by atoms with E-state index in [0.29, 0.717) is 18.7 Å². The molecule has 0 atom stereocenters. The topological polar surface area (TPSA) is 44.1 Å². The number of fused-ring (bicyclic) bond motifs is 1. The molecular weight excluding hydrogens is 352 g/mol. The number of nitriles is 1. The maximum Gasteiger partial charge on any atom is 0.237 e. The third kappa shape index (κ3) is 4.90. The molecule has 4 heteroatoms. The number of hydrogen-bond acceptors (Lipinski definition) is 3. The molecule has 0 radical (unpaired) electrons. The van der Waals surface area contributed by atoms with Gasteiger partial charge in [-0.05, 0) is 60.0 Å². The van der Waals surface area contributed by atoms with Crippen molar-refractivity contribution >= 4 is 34.1 Å². The van der Waals surface area contributed by atoms with Crippen LogP contribution in [-0.2, 0) is 4.79 Å². The first-order valence-corrected chi connectivity index (χ1v) is 9.92. The highest BCUT2D eigenvalue weighted by atomic mass is 32.2. The van der Waals surface area contributed by atoms with Crippen molar-refractivity contribution in [2.75, 3.05) is 17.2 Å². The lowest BCUT2D eigenvalue weighted by Gasteiger charge is -2.23. The van der Waals surface area contributed by atoms with Crippen LogP contribution in [0.5, 0.6) is 0 Å². The summed E-state index contributed by atoms with van der Waals surface area (Å²) in [6.07, 6.45) is 0.319. The zero-order valence-corrected chi connectivity index (χ0v) is 16.4. The highest BCUT2D eigenvalue weighted by molar-refractivity contribution is 8.00. The molecule has 0 bridgehead atoms. The van der Waals surface area contributed by atoms with Crippen LogP contribution in [0, 0.1) is 25.2 Å². The summed E-state index contributed by atoms with van der Waals surface area (Å²) in [4.78, 5) is 15.7. The van der Waals surface area contributed by atoms with E-state index in [1.54, 1.807) is 4.90 Å². The van der Waals surface area contributed by atoms with E-state index < -0.39 is 0 Å². The van der Waals surface area contributed by atoms with Crippen LogP contribution >= 0.6 is 11.8 Å². The molecule has 3 aromatic carbocycles. The molecule has 3 aromatic rings. The Morgan fingerprint density at radius 2 is 1.70 bits per heavy atom. The van der Waals surface area contributed by atoms with Crippen molar-refractivity contribution in [2.24, 2.45) is 0 Å². The molecule has 1 amide bonds. The highest BCUT2D eigenvalue weighted by Gasteiger charge is 2.16. The van der Waals surface area contributed by atoms with Gasteiger partial charge in [0.1, 0.15) is 0 Å². The van der Waals surface area contributed by atoms with E-state index in [-0.39, 0.29) is 5.91 Å². The summed E-state index contributed by atoms with van der Waals surface area (Å²) in [5.41, 5.74) is 3.09. The van der Waals surface area contributed by atoms with Gasteiger partial charge in [0.05, 0.1) is 18.2 Å². The Labute approximate surface area is 164 Å². The van der Waals surface area contributed by atoms with E-state index in [1.807, 2.05) is 38.1 Å². The van der Waals surface area contributed by atoms with Crippen molar-refractivity contribution in [3.8, 4) is 6.07 Å². The molecule has 27 heavy (non-hydrogen) atoms. The van der Waals surface area contributed by atoms with Crippen molar-refractivity contribution in [3.63, 3.8) is 0 Å². The standard InChI is InChI=1S/C23H22N2OS/c1-17-12-18(2)14-21(13-17)25(11-5-10-24)23(26)16-27-22-9-8-19-6-3-4-7-20(19)15-22/h3-4,6-9,12-15H,5,11,16H2,1-2H3. The van der Waals surface area contributed by atoms with Gasteiger partial charge in [-0.15, -0.1) is 11.8 Å². The van der Waals surface area contributed by atoms with Gasteiger partial charge in [-0.1, -0.05) is 36.4 Å². The second-order valence-corrected chi connectivity index (χ2v) is 7.65. The SMILES string of the molecule is Cc1cc(C)cc(N(CCC#N)C(=O)CSc2ccc3ccccc3c2)c1. The summed E-state index contributed by atoms with van der Waals surface area (Å²) < 4.78 is 0. The van der Waals surface area contributed by atoms with E-state index in [1.165, 1.54) is 22.5 Å². The number of carbonyl (C=O) groups excluding carboxylic acids is 1. The van der Waals surface area contributed by atoms with E-state index in [0.717, 1.165) is 21.7 Å². The number of carbonyl (C=O) groups is 1. The monoisotopic (exact) mass is 374 g/mol. The third-order valence-corrected chi connectivity index (χ3v) is 5.33. The van der Waals surface area contributed by atoms with Gasteiger partial charge in [0.25, 0.3) is 0 Å². The van der Waals surface area contributed by atoms with E-state index >= 15 is 0 Å². The fourth-order valence-electron chi connectivity index (χ4n) is 3.15. The molecule has 136 valence electrons. The number of hydrogen-bond donors (Lipinski definition) is 0. The molecule has 0 aliphatic heterocycles. The van der Waals surface area contributed by atoms with E-state index in [2.05, 4.69) is 42.5 Å². The summed E-state index contributed by atoms with van der Waals surface area (Å²) in [6, 6.07) is 22.7. The maximum atomic E-state index is 12.9. The molecule has 0 saturated heterocycles. The molecule has 0 fully saturated rings. The Balaban J connectivity index is 1.76. The van der Waals surface area contributed by atoms with Crippen molar-refractivity contribution in [3.05, 3.63) is 71.8 Å². The van der Waals surface area contributed by atoms with Crippen LogP contribution in [0.2, 0.25) is 0 Å². The van der Waals surface area contributed by atoms with Crippen LogP contribution in [0.4, 0.5) is 5.69 Å². The van der Waals surface area contributed by atoms with Gasteiger partial charge in [-0.3, -0.25) is 4.79 Å². The van der Waals surface area contributed by atoms with Crippen molar-refractivity contribution in [1.82, 2.24) is 0 Å². The number of benzene rings is 3. The summed E-state index contributed by atoms with van der Waals surface area (Å²) in [7, 11) is 0. The summed E-state index contributed by atoms with van der Waals surface area (Å²) in [5, 5.41) is 11.3. The zero-order chi connectivity index (χ0) is 19.2. The Kier molecular flexibility index (Phi) is 6.16. The molecule has 0 unspecified atom stereocenters. The summed E-state index contributed by atoms with van der Waals surface area (Å²) in [6.45, 7) is 4.46. The highest BCUT2D eigenvalue weighted by Crippen LogP contribution is 2.25. The van der Waals surface area contributed by atoms with Gasteiger partial charge < -0.3 is 4.90 Å². The van der Waals surface area contributed by atoms with Crippen molar-refractivity contribution in [2.45, 2.75) is 25.2 Å². The minimum absolute atomic E-state index is 0.0217. The number of amides is 1. The van der Waals surface area contributed by atoms with E-state index in [4.69, 9.17) is 5.26 Å². The Morgan fingerprint density at radius 1 is 1.00 bits per heavy atom. The largest absolute Gasteiger partial charge is 0.311 e. The molecule has 3 rings (SSSR count). The van der Waals surface area contributed by atoms with Crippen LogP contribution in [-0.4, -0.2) is 18.2 Å². The first kappa shape index (κ1) is 19.0. The fourth-order valence-corrected chi connectivity index (χ4v) is 3.97. The predicted octanol–water partition coefficient (Wildman–Crippen LogP) is 5.50. The van der Waals surface area contributed by atoms with Gasteiger partial charge >= 0.3 is 0 Å². The average molecular weight is 375 g/mol. The maximum absolute atomic E-state index is 12.9. The second kappa shape index (κ2) is 8.75. The quantitative estimate of drug-likeness (QED) is 0.535. The van der Waals surface area contributed by atoms with Crippen LogP contribution < -0.4 is 4.90 Å². The minimum atomic E-state index is 0.0217. The Hall–Kier alpha value is -2.77. The number of thioether (sulfide) groups is 1. The lowest BCUT2D eigenvalue weighted by Crippen LogP contribution is -2.33. The molecule has 0 aliphatic carbocycles. The number of aryl methyl sites for hydroxylation is 2. The zero-order valence-electron chi connectivity index (χ0n) is 15.6. The molecule has 3 nitrogen and oxygen atoms in total. The van der Waals surface area contributed by atoms with Gasteiger partial charge in [-0.2, -0.15) is 5.26 Å². The van der Waals surface area contributed by atoms with Crippen LogP contribution in [0.15, 0.2) is 65.6 Å². The normalized spacial score (nSPS) is 10.6. The molecule has 0 aliphatic rings. The minimum Gasteiger partial charge on any atom is -0.311 e. The number of nitrogens with zero attached hydrogens (tertiary/aromatic N) is 2. The second-order valence-electron chi connectivity index (χ2n) is 6.60. The summed E-state index contributed by atoms with van der Waals surface area (Å²) in [5.74, 6) is 0.366. The number of rotatable bonds is 6. The van der Waals surface area contributed by atoms with Crippen LogP contribution in [0.3, 0.4) is 0 Å². The van der Waals surface area contributed by atoms with Gasteiger partial charge in [-0.25, -0.2) is 0 Å². The van der Waals surface area contributed by atoms with Crippen molar-refractivity contribution in [1.29, 1.82) is 5.26 Å². The lowest BCUT2D eigenvalue weighted by atomic mass is 10.1. The van der Waals surface area contributed by atoms with Crippen molar-refractivity contribution < 1.29 is 4.79 Å². The average Bonchev–Trinajstić information content (AvgIpc) is 2.65. The molecule has 0 saturated carbocycles. The first-order chi connectivity index (χ1) is 13.1. The lowest BCUT2D eigenvalue weighted by molar-refractivity contribution is -0.116. The van der Waals surface area contributed by atoms with Gasteiger partial charge in [0, 0.05) is 17.1 Å². The van der Waals surface area contributed by atoms with Gasteiger partial charge in [0.2, 0.25) is 5.91 Å². The third-order valence-electron chi connectivity index (χ3n) is 4.35. The molecular formula is C23H22N2OS. The molecule has 0 N–H and O–H groups in total. The Morgan fingerprint density at radius 3 is 2.41 bits per heavy atom. The Bertz CT molecular complexity index is 986. The fraction of sp³-hybridized carbons (Fsp3) is 0.217. The van der Waals surface area contributed by atoms with Crippen LogP contribution in [0.1, 0.15) is 17.5 Å².